The fourth-order valence-electron chi connectivity index (χ4n) is 0.952. The summed E-state index contributed by atoms with van der Waals surface area (Å²) < 4.78 is 9.82. The van der Waals surface area contributed by atoms with Crippen molar-refractivity contribution in [3.05, 3.63) is 11.8 Å². The second kappa shape index (κ2) is 3.39. The van der Waals surface area contributed by atoms with E-state index in [1.165, 1.54) is 0 Å². The zero-order valence-corrected chi connectivity index (χ0v) is 6.70. The van der Waals surface area contributed by atoms with Gasteiger partial charge in [0.15, 0.2) is 0 Å². The van der Waals surface area contributed by atoms with Crippen LogP contribution in [0.1, 0.15) is 25.1 Å². The molecule has 1 rings (SSSR count). The number of methoxy groups -OCH3 is 1. The standard InChI is InChI=1S/C7H12N2O2/c1-3-6(10-2)5-4-7(8)11-9-5/h4,6H,3,8H2,1-2H3. The Hall–Kier alpha value is -1.03. The molecule has 0 aliphatic heterocycles. The average molecular weight is 156 g/mol. The molecule has 4 heteroatoms. The Morgan fingerprint density at radius 3 is 2.91 bits per heavy atom. The molecule has 0 aliphatic rings. The topological polar surface area (TPSA) is 61.3 Å². The third-order valence-electron chi connectivity index (χ3n) is 1.53. The summed E-state index contributed by atoms with van der Waals surface area (Å²) in [5.74, 6) is 0.329. The first-order valence-corrected chi connectivity index (χ1v) is 3.52. The van der Waals surface area contributed by atoms with E-state index in [1.807, 2.05) is 6.92 Å². The molecule has 62 valence electrons. The lowest BCUT2D eigenvalue weighted by Crippen LogP contribution is -1.99. The molecule has 11 heavy (non-hydrogen) atoms. The molecule has 0 saturated carbocycles. The first kappa shape index (κ1) is 8.07. The number of nitrogens with zero attached hydrogens (tertiary/aromatic N) is 1. The van der Waals surface area contributed by atoms with Crippen molar-refractivity contribution >= 4 is 5.88 Å². The van der Waals surface area contributed by atoms with Crippen molar-refractivity contribution in [3.8, 4) is 0 Å². The second-order valence-electron chi connectivity index (χ2n) is 2.29. The van der Waals surface area contributed by atoms with Crippen molar-refractivity contribution in [1.29, 1.82) is 0 Å². The highest BCUT2D eigenvalue weighted by atomic mass is 16.5. The number of nitrogen functional groups attached to an aromatic ring is 1. The van der Waals surface area contributed by atoms with Crippen LogP contribution in [0.5, 0.6) is 0 Å². The van der Waals surface area contributed by atoms with Crippen molar-refractivity contribution < 1.29 is 9.26 Å². The normalized spacial score (nSPS) is 13.3. The monoisotopic (exact) mass is 156 g/mol. The van der Waals surface area contributed by atoms with Crippen LogP contribution in [-0.2, 0) is 4.74 Å². The Labute approximate surface area is 65.3 Å². The molecule has 0 fully saturated rings. The number of hydrogen-bond donors (Lipinski definition) is 1. The molecule has 1 aromatic heterocycles. The number of rotatable bonds is 3. The van der Waals surface area contributed by atoms with Crippen molar-refractivity contribution in [3.63, 3.8) is 0 Å². The minimum absolute atomic E-state index is 0.00366. The molecule has 1 unspecified atom stereocenters. The van der Waals surface area contributed by atoms with E-state index in [1.54, 1.807) is 13.2 Å². The van der Waals surface area contributed by atoms with Gasteiger partial charge in [-0.2, -0.15) is 0 Å². The van der Waals surface area contributed by atoms with Gasteiger partial charge in [-0.25, -0.2) is 0 Å². The third kappa shape index (κ3) is 1.71. The van der Waals surface area contributed by atoms with Gasteiger partial charge in [-0.05, 0) is 6.42 Å². The van der Waals surface area contributed by atoms with Crippen LogP contribution in [0.15, 0.2) is 10.6 Å². The van der Waals surface area contributed by atoms with E-state index >= 15 is 0 Å². The van der Waals surface area contributed by atoms with Crippen molar-refractivity contribution in [2.45, 2.75) is 19.4 Å². The fourth-order valence-corrected chi connectivity index (χ4v) is 0.952. The summed E-state index contributed by atoms with van der Waals surface area (Å²) in [7, 11) is 1.64. The zero-order valence-electron chi connectivity index (χ0n) is 6.70. The molecule has 0 bridgehead atoms. The van der Waals surface area contributed by atoms with Gasteiger partial charge in [0.1, 0.15) is 11.8 Å². The van der Waals surface area contributed by atoms with E-state index in [-0.39, 0.29) is 6.10 Å². The minimum atomic E-state index is -0.00366. The summed E-state index contributed by atoms with van der Waals surface area (Å²) in [6.45, 7) is 2.01. The summed E-state index contributed by atoms with van der Waals surface area (Å²) in [6.07, 6.45) is 0.860. The van der Waals surface area contributed by atoms with Gasteiger partial charge in [-0.3, -0.25) is 0 Å². The Morgan fingerprint density at radius 1 is 1.82 bits per heavy atom. The maximum atomic E-state index is 5.34. The second-order valence-corrected chi connectivity index (χ2v) is 2.29. The molecular weight excluding hydrogens is 144 g/mol. The highest BCUT2D eigenvalue weighted by Crippen LogP contribution is 2.19. The summed E-state index contributed by atoms with van der Waals surface area (Å²) >= 11 is 0. The van der Waals surface area contributed by atoms with Crippen molar-refractivity contribution in [2.24, 2.45) is 0 Å². The minimum Gasteiger partial charge on any atom is -0.375 e. The van der Waals surface area contributed by atoms with Crippen LogP contribution >= 0.6 is 0 Å². The van der Waals surface area contributed by atoms with Crippen LogP contribution in [0.4, 0.5) is 5.88 Å². The molecule has 1 heterocycles. The number of nitrogens with two attached hydrogens (primary N) is 1. The molecule has 0 aliphatic carbocycles. The quantitative estimate of drug-likeness (QED) is 0.717. The van der Waals surface area contributed by atoms with Crippen LogP contribution in [0.3, 0.4) is 0 Å². The summed E-state index contributed by atoms with van der Waals surface area (Å²) in [5.41, 5.74) is 6.10. The summed E-state index contributed by atoms with van der Waals surface area (Å²) in [5, 5.41) is 3.73. The van der Waals surface area contributed by atoms with Gasteiger partial charge in [-0.15, -0.1) is 0 Å². The number of aromatic nitrogens is 1. The number of anilines is 1. The Morgan fingerprint density at radius 2 is 2.55 bits per heavy atom. The molecule has 0 saturated heterocycles. The maximum Gasteiger partial charge on any atom is 0.222 e. The van der Waals surface area contributed by atoms with Gasteiger partial charge in [0, 0.05) is 13.2 Å². The smallest absolute Gasteiger partial charge is 0.222 e. The molecular formula is C7H12N2O2. The highest BCUT2D eigenvalue weighted by Gasteiger charge is 2.11. The zero-order chi connectivity index (χ0) is 8.27. The van der Waals surface area contributed by atoms with Crippen LogP contribution in [0, 0.1) is 0 Å². The average Bonchev–Trinajstić information content (AvgIpc) is 2.39. The largest absolute Gasteiger partial charge is 0.375 e. The Bertz CT molecular complexity index is 218. The van der Waals surface area contributed by atoms with Crippen LogP contribution in [0.2, 0.25) is 0 Å². The van der Waals surface area contributed by atoms with Crippen LogP contribution in [-0.4, -0.2) is 12.3 Å². The van der Waals surface area contributed by atoms with Gasteiger partial charge < -0.3 is 15.0 Å². The van der Waals surface area contributed by atoms with Gasteiger partial charge >= 0.3 is 0 Å². The van der Waals surface area contributed by atoms with Gasteiger partial charge in [0.05, 0.1) is 0 Å². The molecule has 0 radical (unpaired) electrons. The molecule has 0 spiro atoms. The van der Waals surface area contributed by atoms with E-state index in [0.29, 0.717) is 5.88 Å². The predicted octanol–water partition coefficient (Wildman–Crippen LogP) is 1.35. The predicted molar refractivity (Wildman–Crippen MR) is 41.0 cm³/mol. The molecule has 2 N–H and O–H groups in total. The lowest BCUT2D eigenvalue weighted by atomic mass is 10.2. The SMILES string of the molecule is CCC(OC)c1cc(N)on1. The van der Waals surface area contributed by atoms with Gasteiger partial charge in [0.25, 0.3) is 0 Å². The van der Waals surface area contributed by atoms with E-state index in [9.17, 15) is 0 Å². The Kier molecular flexibility index (Phi) is 2.48. The molecule has 1 atom stereocenters. The summed E-state index contributed by atoms with van der Waals surface area (Å²) in [6, 6.07) is 1.68. The molecule has 0 aromatic carbocycles. The van der Waals surface area contributed by atoms with E-state index in [2.05, 4.69) is 5.16 Å². The third-order valence-corrected chi connectivity index (χ3v) is 1.53. The number of ether oxygens (including phenoxy) is 1. The maximum absolute atomic E-state index is 5.34. The van der Waals surface area contributed by atoms with E-state index in [4.69, 9.17) is 15.0 Å². The van der Waals surface area contributed by atoms with Gasteiger partial charge in [0.2, 0.25) is 5.88 Å². The van der Waals surface area contributed by atoms with Crippen molar-refractivity contribution in [2.75, 3.05) is 12.8 Å². The summed E-state index contributed by atoms with van der Waals surface area (Å²) in [4.78, 5) is 0. The molecule has 1 aromatic rings. The van der Waals surface area contributed by atoms with Gasteiger partial charge in [-0.1, -0.05) is 12.1 Å². The molecule has 0 amide bonds. The lowest BCUT2D eigenvalue weighted by molar-refractivity contribution is 0.0934. The van der Waals surface area contributed by atoms with Crippen LogP contribution in [0.25, 0.3) is 0 Å². The van der Waals surface area contributed by atoms with E-state index < -0.39 is 0 Å². The fraction of sp³-hybridized carbons (Fsp3) is 0.571. The lowest BCUT2D eigenvalue weighted by Gasteiger charge is -2.07. The first-order chi connectivity index (χ1) is 5.27. The number of hydrogen-bond acceptors (Lipinski definition) is 4. The Balaban J connectivity index is 2.73. The van der Waals surface area contributed by atoms with E-state index in [0.717, 1.165) is 12.1 Å². The van der Waals surface area contributed by atoms with Crippen LogP contribution < -0.4 is 5.73 Å². The van der Waals surface area contributed by atoms with Crippen molar-refractivity contribution in [1.82, 2.24) is 5.16 Å². The highest BCUT2D eigenvalue weighted by molar-refractivity contribution is 5.25. The molecule has 4 nitrogen and oxygen atoms in total. The first-order valence-electron chi connectivity index (χ1n) is 3.52.